The van der Waals surface area contributed by atoms with Crippen LogP contribution in [-0.4, -0.2) is 26.0 Å². The maximum Gasteiger partial charge on any atom is 0.335 e. The zero-order chi connectivity index (χ0) is 15.5. The van der Waals surface area contributed by atoms with Crippen molar-refractivity contribution in [3.63, 3.8) is 0 Å². The molecule has 5 nitrogen and oxygen atoms in total. The second-order valence-electron chi connectivity index (χ2n) is 4.53. The van der Waals surface area contributed by atoms with Gasteiger partial charge in [-0.05, 0) is 36.4 Å². The van der Waals surface area contributed by atoms with Gasteiger partial charge >= 0.3 is 5.97 Å². The number of nitrogens with zero attached hydrogens (tertiary/aromatic N) is 3. The predicted molar refractivity (Wildman–Crippen MR) is 77.6 cm³/mol. The molecule has 0 saturated carbocycles. The van der Waals surface area contributed by atoms with Crippen LogP contribution >= 0.6 is 0 Å². The standard InChI is InChI=1S/C16H10FN3O2/c17-13-6-4-10(5-7-13)14-18-9-19-15(20-14)11-2-1-3-12(8-11)16(21)22/h1-9H,(H,21,22). The van der Waals surface area contributed by atoms with Gasteiger partial charge in [0.25, 0.3) is 0 Å². The largest absolute Gasteiger partial charge is 0.478 e. The lowest BCUT2D eigenvalue weighted by molar-refractivity contribution is 0.0697. The second kappa shape index (κ2) is 5.69. The highest BCUT2D eigenvalue weighted by molar-refractivity contribution is 5.89. The number of aromatic carboxylic acids is 1. The molecule has 2 aromatic carbocycles. The molecule has 0 bridgehead atoms. The Morgan fingerprint density at radius 3 is 2.32 bits per heavy atom. The number of carboxylic acids is 1. The Labute approximate surface area is 125 Å². The summed E-state index contributed by atoms with van der Waals surface area (Å²) in [4.78, 5) is 23.4. The van der Waals surface area contributed by atoms with E-state index in [1.165, 1.54) is 30.6 Å². The van der Waals surface area contributed by atoms with Crippen LogP contribution in [0.15, 0.2) is 54.9 Å². The lowest BCUT2D eigenvalue weighted by atomic mass is 10.1. The first-order valence-electron chi connectivity index (χ1n) is 6.42. The van der Waals surface area contributed by atoms with E-state index in [0.717, 1.165) is 0 Å². The third-order valence-electron chi connectivity index (χ3n) is 3.04. The van der Waals surface area contributed by atoms with Crippen molar-refractivity contribution in [2.24, 2.45) is 0 Å². The van der Waals surface area contributed by atoms with Gasteiger partial charge in [0, 0.05) is 11.1 Å². The van der Waals surface area contributed by atoms with Crippen molar-refractivity contribution in [3.05, 3.63) is 66.2 Å². The Morgan fingerprint density at radius 1 is 0.955 bits per heavy atom. The molecule has 0 amide bonds. The summed E-state index contributed by atoms with van der Waals surface area (Å²) >= 11 is 0. The number of hydrogen-bond acceptors (Lipinski definition) is 4. The predicted octanol–water partition coefficient (Wildman–Crippen LogP) is 3.04. The average Bonchev–Trinajstić information content (AvgIpc) is 2.56. The van der Waals surface area contributed by atoms with E-state index in [9.17, 15) is 9.18 Å². The van der Waals surface area contributed by atoms with Crippen LogP contribution in [-0.2, 0) is 0 Å². The SMILES string of the molecule is O=C(O)c1cccc(-c2ncnc(-c3ccc(F)cc3)n2)c1. The Balaban J connectivity index is 2.02. The van der Waals surface area contributed by atoms with Crippen molar-refractivity contribution < 1.29 is 14.3 Å². The molecule has 0 spiro atoms. The van der Waals surface area contributed by atoms with E-state index in [-0.39, 0.29) is 11.4 Å². The van der Waals surface area contributed by atoms with Crippen molar-refractivity contribution in [2.45, 2.75) is 0 Å². The first-order chi connectivity index (χ1) is 10.6. The smallest absolute Gasteiger partial charge is 0.335 e. The maximum absolute atomic E-state index is 13.0. The Kier molecular flexibility index (Phi) is 3.57. The molecule has 1 N–H and O–H groups in total. The summed E-state index contributed by atoms with van der Waals surface area (Å²) in [6.07, 6.45) is 1.34. The van der Waals surface area contributed by atoms with Crippen LogP contribution in [0.2, 0.25) is 0 Å². The van der Waals surface area contributed by atoms with Gasteiger partial charge in [0.2, 0.25) is 0 Å². The molecule has 0 aliphatic heterocycles. The van der Waals surface area contributed by atoms with E-state index in [0.29, 0.717) is 22.8 Å². The van der Waals surface area contributed by atoms with Crippen LogP contribution in [0.25, 0.3) is 22.8 Å². The topological polar surface area (TPSA) is 76.0 Å². The van der Waals surface area contributed by atoms with Crippen molar-refractivity contribution in [3.8, 4) is 22.8 Å². The summed E-state index contributed by atoms with van der Waals surface area (Å²) in [7, 11) is 0. The lowest BCUT2D eigenvalue weighted by Gasteiger charge is -2.04. The minimum atomic E-state index is -1.02. The molecule has 1 aromatic heterocycles. The van der Waals surface area contributed by atoms with Crippen molar-refractivity contribution in [1.82, 2.24) is 15.0 Å². The van der Waals surface area contributed by atoms with Gasteiger partial charge in [0.15, 0.2) is 11.6 Å². The number of halogens is 1. The lowest BCUT2D eigenvalue weighted by Crippen LogP contribution is -1.98. The highest BCUT2D eigenvalue weighted by Gasteiger charge is 2.09. The third kappa shape index (κ3) is 2.80. The molecule has 0 saturated heterocycles. The Bertz CT molecular complexity index is 835. The van der Waals surface area contributed by atoms with E-state index < -0.39 is 5.97 Å². The van der Waals surface area contributed by atoms with E-state index in [1.54, 1.807) is 24.3 Å². The van der Waals surface area contributed by atoms with Gasteiger partial charge in [-0.25, -0.2) is 24.1 Å². The molecule has 1 heterocycles. The van der Waals surface area contributed by atoms with E-state index >= 15 is 0 Å². The van der Waals surface area contributed by atoms with Crippen LogP contribution in [0.3, 0.4) is 0 Å². The maximum atomic E-state index is 13.0. The van der Waals surface area contributed by atoms with Gasteiger partial charge in [-0.2, -0.15) is 0 Å². The van der Waals surface area contributed by atoms with Crippen LogP contribution in [0, 0.1) is 5.82 Å². The molecule has 108 valence electrons. The van der Waals surface area contributed by atoms with Crippen LogP contribution in [0.5, 0.6) is 0 Å². The molecule has 0 aliphatic rings. The van der Waals surface area contributed by atoms with Crippen LogP contribution < -0.4 is 0 Å². The molecule has 3 aromatic rings. The molecule has 0 fully saturated rings. The van der Waals surface area contributed by atoms with Crippen molar-refractivity contribution in [2.75, 3.05) is 0 Å². The molecule has 3 rings (SSSR count). The number of carboxylic acid groups (broad SMARTS) is 1. The number of rotatable bonds is 3. The fraction of sp³-hybridized carbons (Fsp3) is 0. The third-order valence-corrected chi connectivity index (χ3v) is 3.04. The zero-order valence-electron chi connectivity index (χ0n) is 11.3. The van der Waals surface area contributed by atoms with Crippen molar-refractivity contribution in [1.29, 1.82) is 0 Å². The molecular weight excluding hydrogens is 285 g/mol. The monoisotopic (exact) mass is 295 g/mol. The first-order valence-corrected chi connectivity index (χ1v) is 6.42. The minimum absolute atomic E-state index is 0.154. The summed E-state index contributed by atoms with van der Waals surface area (Å²) in [6.45, 7) is 0. The Hall–Kier alpha value is -3.15. The van der Waals surface area contributed by atoms with Gasteiger partial charge in [-0.3, -0.25) is 0 Å². The normalized spacial score (nSPS) is 10.4. The van der Waals surface area contributed by atoms with Gasteiger partial charge in [-0.1, -0.05) is 12.1 Å². The number of carbonyl (C=O) groups is 1. The van der Waals surface area contributed by atoms with Crippen LogP contribution in [0.1, 0.15) is 10.4 Å². The first kappa shape index (κ1) is 13.8. The molecule has 0 aliphatic carbocycles. The van der Waals surface area contributed by atoms with E-state index in [4.69, 9.17) is 5.11 Å². The van der Waals surface area contributed by atoms with Crippen LogP contribution in [0.4, 0.5) is 4.39 Å². The number of benzene rings is 2. The van der Waals surface area contributed by atoms with Gasteiger partial charge < -0.3 is 5.11 Å². The molecule has 0 radical (unpaired) electrons. The highest BCUT2D eigenvalue weighted by atomic mass is 19.1. The summed E-state index contributed by atoms with van der Waals surface area (Å²) in [5.41, 5.74) is 1.38. The molecule has 0 unspecified atom stereocenters. The molecular formula is C16H10FN3O2. The summed E-state index contributed by atoms with van der Waals surface area (Å²) < 4.78 is 13.0. The van der Waals surface area contributed by atoms with Gasteiger partial charge in [-0.15, -0.1) is 0 Å². The van der Waals surface area contributed by atoms with E-state index in [2.05, 4.69) is 15.0 Å². The quantitative estimate of drug-likeness (QED) is 0.803. The number of hydrogen-bond donors (Lipinski definition) is 1. The molecule has 0 atom stereocenters. The Morgan fingerprint density at radius 2 is 1.64 bits per heavy atom. The summed E-state index contributed by atoms with van der Waals surface area (Å²) in [5, 5.41) is 9.03. The van der Waals surface area contributed by atoms with E-state index in [1.807, 2.05) is 0 Å². The number of aromatic nitrogens is 3. The van der Waals surface area contributed by atoms with Gasteiger partial charge in [0.05, 0.1) is 5.56 Å². The second-order valence-corrected chi connectivity index (χ2v) is 4.53. The fourth-order valence-corrected chi connectivity index (χ4v) is 1.96. The highest BCUT2D eigenvalue weighted by Crippen LogP contribution is 2.20. The van der Waals surface area contributed by atoms with Gasteiger partial charge in [0.1, 0.15) is 12.1 Å². The zero-order valence-corrected chi connectivity index (χ0v) is 11.3. The van der Waals surface area contributed by atoms with Crippen molar-refractivity contribution >= 4 is 5.97 Å². The molecule has 22 heavy (non-hydrogen) atoms. The summed E-state index contributed by atoms with van der Waals surface area (Å²) in [5.74, 6) is -0.606. The summed E-state index contributed by atoms with van der Waals surface area (Å²) in [6, 6.07) is 12.1. The minimum Gasteiger partial charge on any atom is -0.478 e. The fourth-order valence-electron chi connectivity index (χ4n) is 1.96. The average molecular weight is 295 g/mol. The molecule has 6 heteroatoms.